The molecule has 0 unspecified atom stereocenters. The zero-order valence-corrected chi connectivity index (χ0v) is 11.1. The summed E-state index contributed by atoms with van der Waals surface area (Å²) >= 11 is 0. The molecule has 0 radical (unpaired) electrons. The van der Waals surface area contributed by atoms with Gasteiger partial charge in [0.25, 0.3) is 0 Å². The number of hydrogen-bond donors (Lipinski definition) is 1. The standard InChI is InChI=1S/C15H18FN3/c1-2-19-15(7-8-18-19)14-6-3-12(16)9-11(14)10-17-13-4-5-13/h3,6-9,13,17H,2,4-5,10H2,1H3. The third-order valence-corrected chi connectivity index (χ3v) is 3.52. The van der Waals surface area contributed by atoms with Crippen molar-refractivity contribution >= 4 is 0 Å². The first kappa shape index (κ1) is 12.4. The highest BCUT2D eigenvalue weighted by Crippen LogP contribution is 2.26. The molecule has 2 aromatic rings. The van der Waals surface area contributed by atoms with E-state index in [9.17, 15) is 4.39 Å². The lowest BCUT2D eigenvalue weighted by atomic mass is 10.0. The predicted octanol–water partition coefficient (Wildman–Crippen LogP) is 2.96. The highest BCUT2D eigenvalue weighted by Gasteiger charge is 2.21. The van der Waals surface area contributed by atoms with E-state index in [2.05, 4.69) is 17.3 Å². The minimum absolute atomic E-state index is 0.182. The van der Waals surface area contributed by atoms with Crippen molar-refractivity contribution in [3.63, 3.8) is 0 Å². The molecule has 0 spiro atoms. The molecule has 1 saturated carbocycles. The zero-order chi connectivity index (χ0) is 13.2. The van der Waals surface area contributed by atoms with E-state index < -0.39 is 0 Å². The summed E-state index contributed by atoms with van der Waals surface area (Å²) < 4.78 is 15.4. The Morgan fingerprint density at radius 3 is 2.95 bits per heavy atom. The second kappa shape index (κ2) is 5.13. The lowest BCUT2D eigenvalue weighted by Gasteiger charge is -2.12. The third-order valence-electron chi connectivity index (χ3n) is 3.52. The zero-order valence-electron chi connectivity index (χ0n) is 11.1. The van der Waals surface area contributed by atoms with Crippen LogP contribution in [0.5, 0.6) is 0 Å². The normalized spacial score (nSPS) is 14.8. The van der Waals surface area contributed by atoms with E-state index in [1.165, 1.54) is 18.9 Å². The molecule has 1 aromatic carbocycles. The number of halogens is 1. The van der Waals surface area contributed by atoms with E-state index in [1.807, 2.05) is 16.8 Å². The van der Waals surface area contributed by atoms with E-state index in [-0.39, 0.29) is 5.82 Å². The van der Waals surface area contributed by atoms with Gasteiger partial charge in [-0.15, -0.1) is 0 Å². The van der Waals surface area contributed by atoms with Crippen LogP contribution in [0.1, 0.15) is 25.3 Å². The Kier molecular flexibility index (Phi) is 3.34. The molecule has 1 N–H and O–H groups in total. The van der Waals surface area contributed by atoms with E-state index in [4.69, 9.17) is 0 Å². The fourth-order valence-electron chi connectivity index (χ4n) is 2.31. The van der Waals surface area contributed by atoms with E-state index in [0.717, 1.165) is 23.4 Å². The van der Waals surface area contributed by atoms with Crippen molar-refractivity contribution in [2.45, 2.75) is 38.9 Å². The van der Waals surface area contributed by atoms with Crippen molar-refractivity contribution in [3.05, 3.63) is 41.8 Å². The fourth-order valence-corrected chi connectivity index (χ4v) is 2.31. The van der Waals surface area contributed by atoms with Crippen LogP contribution in [0.2, 0.25) is 0 Å². The van der Waals surface area contributed by atoms with Gasteiger partial charge in [0.05, 0.1) is 5.69 Å². The maximum atomic E-state index is 13.5. The molecule has 1 aliphatic carbocycles. The summed E-state index contributed by atoms with van der Waals surface area (Å²) in [7, 11) is 0. The van der Waals surface area contributed by atoms with Gasteiger partial charge in [0.2, 0.25) is 0 Å². The molecule has 100 valence electrons. The summed E-state index contributed by atoms with van der Waals surface area (Å²) in [5.74, 6) is -0.182. The van der Waals surface area contributed by atoms with Crippen molar-refractivity contribution < 1.29 is 4.39 Å². The molecule has 0 atom stereocenters. The van der Waals surface area contributed by atoms with Gasteiger partial charge in [0.15, 0.2) is 0 Å². The van der Waals surface area contributed by atoms with Crippen molar-refractivity contribution in [2.24, 2.45) is 0 Å². The molecule has 3 nitrogen and oxygen atoms in total. The monoisotopic (exact) mass is 259 g/mol. The van der Waals surface area contributed by atoms with Crippen molar-refractivity contribution in [1.82, 2.24) is 15.1 Å². The molecule has 1 aliphatic rings. The molecule has 4 heteroatoms. The Labute approximate surface area is 112 Å². The Hall–Kier alpha value is -1.68. The number of nitrogens with one attached hydrogen (secondary N) is 1. The highest BCUT2D eigenvalue weighted by atomic mass is 19.1. The SMILES string of the molecule is CCn1nccc1-c1ccc(F)cc1CNC1CC1. The summed E-state index contributed by atoms with van der Waals surface area (Å²) in [6.07, 6.45) is 4.26. The summed E-state index contributed by atoms with van der Waals surface area (Å²) in [5, 5.41) is 7.73. The van der Waals surface area contributed by atoms with Crippen molar-refractivity contribution in [1.29, 1.82) is 0 Å². The predicted molar refractivity (Wildman–Crippen MR) is 73.2 cm³/mol. The maximum absolute atomic E-state index is 13.5. The molecule has 19 heavy (non-hydrogen) atoms. The first-order valence-electron chi connectivity index (χ1n) is 6.82. The first-order valence-corrected chi connectivity index (χ1v) is 6.82. The lowest BCUT2D eigenvalue weighted by molar-refractivity contribution is 0.619. The number of benzene rings is 1. The van der Waals surface area contributed by atoms with Crippen LogP contribution in [0.4, 0.5) is 4.39 Å². The highest BCUT2D eigenvalue weighted by molar-refractivity contribution is 5.64. The number of rotatable bonds is 5. The molecular weight excluding hydrogens is 241 g/mol. The summed E-state index contributed by atoms with van der Waals surface area (Å²) in [6.45, 7) is 3.59. The first-order chi connectivity index (χ1) is 9.28. The largest absolute Gasteiger partial charge is 0.310 e. The molecule has 0 saturated heterocycles. The Morgan fingerprint density at radius 1 is 1.37 bits per heavy atom. The van der Waals surface area contributed by atoms with Crippen molar-refractivity contribution in [2.75, 3.05) is 0 Å². The Balaban J connectivity index is 1.94. The van der Waals surface area contributed by atoms with Gasteiger partial charge in [-0.25, -0.2) is 4.39 Å². The van der Waals surface area contributed by atoms with Gasteiger partial charge in [0.1, 0.15) is 5.82 Å². The quantitative estimate of drug-likeness (QED) is 0.894. The molecule has 1 aromatic heterocycles. The third kappa shape index (κ3) is 2.68. The minimum atomic E-state index is -0.182. The van der Waals surface area contributed by atoms with E-state index in [1.54, 1.807) is 12.3 Å². The van der Waals surface area contributed by atoms with Crippen LogP contribution in [0.25, 0.3) is 11.3 Å². The average molecular weight is 259 g/mol. The van der Waals surface area contributed by atoms with Crippen LogP contribution in [0.3, 0.4) is 0 Å². The molecular formula is C15H18FN3. The maximum Gasteiger partial charge on any atom is 0.123 e. The topological polar surface area (TPSA) is 29.9 Å². The van der Waals surface area contributed by atoms with Gasteiger partial charge in [-0.05, 0) is 49.6 Å². The van der Waals surface area contributed by atoms with Crippen LogP contribution >= 0.6 is 0 Å². The summed E-state index contributed by atoms with van der Waals surface area (Å²) in [5.41, 5.74) is 3.12. The molecule has 1 fully saturated rings. The molecule has 0 amide bonds. The molecule has 0 bridgehead atoms. The van der Waals surface area contributed by atoms with Gasteiger partial charge in [-0.3, -0.25) is 4.68 Å². The molecule has 1 heterocycles. The Morgan fingerprint density at radius 2 is 2.21 bits per heavy atom. The number of hydrogen-bond acceptors (Lipinski definition) is 2. The van der Waals surface area contributed by atoms with Gasteiger partial charge >= 0.3 is 0 Å². The van der Waals surface area contributed by atoms with Crippen LogP contribution < -0.4 is 5.32 Å². The van der Waals surface area contributed by atoms with E-state index >= 15 is 0 Å². The van der Waals surface area contributed by atoms with Crippen molar-refractivity contribution in [3.8, 4) is 11.3 Å². The van der Waals surface area contributed by atoms with Gasteiger partial charge in [-0.2, -0.15) is 5.10 Å². The lowest BCUT2D eigenvalue weighted by Crippen LogP contribution is -2.16. The number of aryl methyl sites for hydroxylation is 1. The number of nitrogens with zero attached hydrogens (tertiary/aromatic N) is 2. The second-order valence-electron chi connectivity index (χ2n) is 4.99. The summed E-state index contributed by atoms with van der Waals surface area (Å²) in [4.78, 5) is 0. The van der Waals surface area contributed by atoms with Gasteiger partial charge < -0.3 is 5.32 Å². The van der Waals surface area contributed by atoms with Crippen LogP contribution in [0.15, 0.2) is 30.5 Å². The van der Waals surface area contributed by atoms with Gasteiger partial charge in [0, 0.05) is 30.9 Å². The molecule has 0 aliphatic heterocycles. The van der Waals surface area contributed by atoms with Crippen LogP contribution in [-0.2, 0) is 13.1 Å². The van der Waals surface area contributed by atoms with Crippen LogP contribution in [0, 0.1) is 5.82 Å². The second-order valence-corrected chi connectivity index (χ2v) is 4.99. The average Bonchev–Trinajstić information content (AvgIpc) is 3.13. The smallest absolute Gasteiger partial charge is 0.123 e. The summed E-state index contributed by atoms with van der Waals surface area (Å²) in [6, 6.07) is 7.59. The van der Waals surface area contributed by atoms with Gasteiger partial charge in [-0.1, -0.05) is 0 Å². The fraction of sp³-hybridized carbons (Fsp3) is 0.400. The van der Waals surface area contributed by atoms with Crippen LogP contribution in [-0.4, -0.2) is 15.8 Å². The number of aromatic nitrogens is 2. The Bertz CT molecular complexity index is 573. The minimum Gasteiger partial charge on any atom is -0.310 e. The molecule has 3 rings (SSSR count). The van der Waals surface area contributed by atoms with E-state index in [0.29, 0.717) is 12.6 Å².